The van der Waals surface area contributed by atoms with Crippen LogP contribution in [0.4, 0.5) is 13.2 Å². The molecule has 0 bridgehead atoms. The van der Waals surface area contributed by atoms with Crippen LogP contribution in [0.15, 0.2) is 41.4 Å². The number of benzene rings is 2. The predicted molar refractivity (Wildman–Crippen MR) is 131 cm³/mol. The zero-order valence-electron chi connectivity index (χ0n) is 20.9. The zero-order chi connectivity index (χ0) is 26.7. The Kier molecular flexibility index (Phi) is 10.6. The lowest BCUT2D eigenvalue weighted by molar-refractivity contribution is -0.142. The smallest absolute Gasteiger partial charge is 0.416 e. The van der Waals surface area contributed by atoms with Crippen LogP contribution in [0.25, 0.3) is 11.1 Å². The van der Waals surface area contributed by atoms with Gasteiger partial charge in [0, 0.05) is 25.2 Å². The molecule has 0 aliphatic rings. The van der Waals surface area contributed by atoms with Crippen molar-refractivity contribution in [1.29, 1.82) is 5.26 Å². The second-order valence-electron chi connectivity index (χ2n) is 7.87. The van der Waals surface area contributed by atoms with E-state index in [0.29, 0.717) is 47.5 Å². The van der Waals surface area contributed by atoms with Crippen LogP contribution >= 0.6 is 0 Å². The van der Waals surface area contributed by atoms with Crippen LogP contribution in [0, 0.1) is 11.5 Å². The summed E-state index contributed by atoms with van der Waals surface area (Å²) in [6.07, 6.45) is -2.09. The molecule has 194 valence electrons. The number of aliphatic imine (C=N–C) groups is 1. The summed E-state index contributed by atoms with van der Waals surface area (Å²) in [7, 11) is 1.47. The molecule has 0 unspecified atom stereocenters. The normalized spacial score (nSPS) is 11.6. The second-order valence-corrected chi connectivity index (χ2v) is 7.87. The number of esters is 1. The van der Waals surface area contributed by atoms with Gasteiger partial charge in [-0.1, -0.05) is 19.1 Å². The van der Waals surface area contributed by atoms with E-state index >= 15 is 0 Å². The number of hydrogen-bond acceptors (Lipinski definition) is 5. The fourth-order valence-corrected chi connectivity index (χ4v) is 3.78. The zero-order valence-corrected chi connectivity index (χ0v) is 20.9. The van der Waals surface area contributed by atoms with Crippen molar-refractivity contribution < 1.29 is 27.4 Å². The van der Waals surface area contributed by atoms with Crippen molar-refractivity contribution in [3.63, 3.8) is 0 Å². The third-order valence-corrected chi connectivity index (χ3v) is 5.29. The lowest BCUT2D eigenvalue weighted by Gasteiger charge is -2.27. The number of methoxy groups -OCH3 is 1. The Bertz CT molecular complexity index is 1110. The third-order valence-electron chi connectivity index (χ3n) is 5.29. The Morgan fingerprint density at radius 2 is 1.89 bits per heavy atom. The number of guanidine groups is 1. The van der Waals surface area contributed by atoms with Gasteiger partial charge in [-0.3, -0.25) is 4.79 Å². The highest BCUT2D eigenvalue weighted by Crippen LogP contribution is 2.38. The quantitative estimate of drug-likeness (QED) is 0.209. The van der Waals surface area contributed by atoms with E-state index in [1.807, 2.05) is 13.8 Å². The van der Waals surface area contributed by atoms with Gasteiger partial charge in [-0.05, 0) is 61.2 Å². The number of nitrogens with zero attached hydrogens (tertiary/aromatic N) is 3. The van der Waals surface area contributed by atoms with Crippen LogP contribution < -0.4 is 10.1 Å². The summed E-state index contributed by atoms with van der Waals surface area (Å²) in [5.41, 5.74) is 1.27. The van der Waals surface area contributed by atoms with Crippen molar-refractivity contribution in [1.82, 2.24) is 10.2 Å². The van der Waals surface area contributed by atoms with E-state index in [1.165, 1.54) is 13.2 Å². The van der Waals surface area contributed by atoms with E-state index in [2.05, 4.69) is 10.3 Å². The molecule has 0 spiro atoms. The lowest BCUT2D eigenvalue weighted by Crippen LogP contribution is -2.41. The van der Waals surface area contributed by atoms with Crippen LogP contribution in [0.1, 0.15) is 43.9 Å². The van der Waals surface area contributed by atoms with Crippen LogP contribution in [-0.2, 0) is 28.7 Å². The molecule has 2 aromatic carbocycles. The van der Waals surface area contributed by atoms with E-state index in [1.54, 1.807) is 36.2 Å². The molecule has 0 aliphatic heterocycles. The molecule has 0 saturated carbocycles. The van der Waals surface area contributed by atoms with Crippen molar-refractivity contribution in [2.45, 2.75) is 46.3 Å². The van der Waals surface area contributed by atoms with Crippen LogP contribution in [0.3, 0.4) is 0 Å². The molecule has 10 heteroatoms. The maximum Gasteiger partial charge on any atom is 0.416 e. The van der Waals surface area contributed by atoms with Crippen molar-refractivity contribution in [2.24, 2.45) is 4.99 Å². The first-order valence-corrected chi connectivity index (χ1v) is 11.7. The second kappa shape index (κ2) is 13.4. The monoisotopic (exact) mass is 504 g/mol. The van der Waals surface area contributed by atoms with Gasteiger partial charge in [0.25, 0.3) is 0 Å². The third kappa shape index (κ3) is 7.63. The number of halogens is 3. The Balaban J connectivity index is 2.67. The maximum atomic E-state index is 13.6. The van der Waals surface area contributed by atoms with Gasteiger partial charge < -0.3 is 19.7 Å². The average Bonchev–Trinajstić information content (AvgIpc) is 2.83. The Hall–Kier alpha value is -3.74. The SMILES string of the molecule is CCCN(Cc1cc(C(F)(F)F)ccc1-c1cc(CC(=O)OCC)ccc1OC)C(=NC#N)NCC. The first kappa shape index (κ1) is 28.5. The maximum absolute atomic E-state index is 13.6. The molecule has 0 amide bonds. The van der Waals surface area contributed by atoms with E-state index in [4.69, 9.17) is 14.7 Å². The number of carbonyl (C=O) groups excluding carboxylic acids is 1. The standard InChI is InChI=1S/C26H31F3N4O3/c1-5-12-33(25(31-6-2)32-17-30)16-19-15-20(26(27,28)29)9-10-21(19)22-13-18(8-11-23(22)35-4)14-24(34)36-7-3/h8-11,13,15H,5-7,12,14,16H2,1-4H3,(H,31,32). The molecule has 0 aliphatic carbocycles. The summed E-state index contributed by atoms with van der Waals surface area (Å²) < 4.78 is 51.5. The van der Waals surface area contributed by atoms with E-state index in [0.717, 1.165) is 12.1 Å². The molecule has 0 radical (unpaired) electrons. The molecule has 0 saturated heterocycles. The minimum absolute atomic E-state index is 0.0160. The highest BCUT2D eigenvalue weighted by Gasteiger charge is 2.31. The van der Waals surface area contributed by atoms with Gasteiger partial charge in [0.15, 0.2) is 0 Å². The molecular weight excluding hydrogens is 473 g/mol. The first-order chi connectivity index (χ1) is 17.2. The average molecular weight is 505 g/mol. The number of carbonyl (C=O) groups is 1. The van der Waals surface area contributed by atoms with Gasteiger partial charge in [-0.2, -0.15) is 18.4 Å². The van der Waals surface area contributed by atoms with E-state index in [-0.39, 0.29) is 25.5 Å². The van der Waals surface area contributed by atoms with Crippen molar-refractivity contribution in [3.8, 4) is 23.1 Å². The van der Waals surface area contributed by atoms with Gasteiger partial charge >= 0.3 is 12.1 Å². The highest BCUT2D eigenvalue weighted by molar-refractivity contribution is 5.82. The van der Waals surface area contributed by atoms with Crippen LogP contribution in [-0.4, -0.2) is 43.6 Å². The number of alkyl halides is 3. The largest absolute Gasteiger partial charge is 0.496 e. The molecule has 36 heavy (non-hydrogen) atoms. The van der Waals surface area contributed by atoms with Crippen LogP contribution in [0.2, 0.25) is 0 Å². The molecule has 7 nitrogen and oxygen atoms in total. The van der Waals surface area contributed by atoms with Crippen molar-refractivity contribution in [3.05, 3.63) is 53.1 Å². The molecule has 2 rings (SSSR count). The minimum atomic E-state index is -4.54. The van der Waals surface area contributed by atoms with Gasteiger partial charge in [0.2, 0.25) is 12.2 Å². The highest BCUT2D eigenvalue weighted by atomic mass is 19.4. The van der Waals surface area contributed by atoms with Gasteiger partial charge in [0.1, 0.15) is 5.75 Å². The number of hydrogen-bond donors (Lipinski definition) is 1. The van der Waals surface area contributed by atoms with Crippen molar-refractivity contribution >= 4 is 11.9 Å². The van der Waals surface area contributed by atoms with Crippen LogP contribution in [0.5, 0.6) is 5.75 Å². The summed E-state index contributed by atoms with van der Waals surface area (Å²) in [4.78, 5) is 17.6. The summed E-state index contributed by atoms with van der Waals surface area (Å²) in [5.74, 6) is 0.329. The predicted octanol–water partition coefficient (Wildman–Crippen LogP) is 5.15. The van der Waals surface area contributed by atoms with E-state index < -0.39 is 17.7 Å². The van der Waals surface area contributed by atoms with Crippen molar-refractivity contribution in [2.75, 3.05) is 26.8 Å². The van der Waals surface area contributed by atoms with Gasteiger partial charge in [-0.25, -0.2) is 0 Å². The topological polar surface area (TPSA) is 87.0 Å². The number of ether oxygens (including phenoxy) is 2. The molecule has 0 heterocycles. The van der Waals surface area contributed by atoms with E-state index in [9.17, 15) is 18.0 Å². The summed E-state index contributed by atoms with van der Waals surface area (Å²) >= 11 is 0. The molecule has 0 atom stereocenters. The first-order valence-electron chi connectivity index (χ1n) is 11.7. The Morgan fingerprint density at radius 3 is 2.47 bits per heavy atom. The lowest BCUT2D eigenvalue weighted by atomic mass is 9.94. The summed E-state index contributed by atoms with van der Waals surface area (Å²) in [6, 6.07) is 8.65. The molecule has 1 N–H and O–H groups in total. The molecule has 0 fully saturated rings. The number of nitriles is 1. The number of rotatable bonds is 10. The Morgan fingerprint density at radius 1 is 1.14 bits per heavy atom. The minimum Gasteiger partial charge on any atom is -0.496 e. The summed E-state index contributed by atoms with van der Waals surface area (Å²) in [6.45, 7) is 6.74. The summed E-state index contributed by atoms with van der Waals surface area (Å²) in [5, 5.41) is 12.1. The number of nitrogens with one attached hydrogen (secondary N) is 1. The van der Waals surface area contributed by atoms with Gasteiger partial charge in [-0.15, -0.1) is 4.99 Å². The molecule has 2 aromatic rings. The molecular formula is C26H31F3N4O3. The fourth-order valence-electron chi connectivity index (χ4n) is 3.78. The molecule has 0 aromatic heterocycles. The fraction of sp³-hybridized carbons (Fsp3) is 0.423. The Labute approximate surface area is 209 Å². The van der Waals surface area contributed by atoms with Gasteiger partial charge in [0.05, 0.1) is 25.7 Å².